The van der Waals surface area contributed by atoms with Crippen molar-refractivity contribution in [1.82, 2.24) is 10.0 Å². The number of alkyl halides is 3. The zero-order valence-corrected chi connectivity index (χ0v) is 12.3. The zero-order valence-electron chi connectivity index (χ0n) is 9.88. The molecule has 0 atom stereocenters. The summed E-state index contributed by atoms with van der Waals surface area (Å²) in [5.41, 5.74) is -1.02. The van der Waals surface area contributed by atoms with Gasteiger partial charge in [-0.1, -0.05) is 15.9 Å². The molecule has 0 saturated carbocycles. The molecule has 0 bridgehead atoms. The van der Waals surface area contributed by atoms with Gasteiger partial charge in [-0.05, 0) is 25.2 Å². The lowest BCUT2D eigenvalue weighted by molar-refractivity contribution is -0.137. The maximum atomic E-state index is 12.6. The third-order valence-electron chi connectivity index (χ3n) is 2.18. The molecule has 0 radical (unpaired) electrons. The van der Waals surface area contributed by atoms with E-state index in [2.05, 4.69) is 26.0 Å². The van der Waals surface area contributed by atoms with Crippen LogP contribution in [0.15, 0.2) is 27.6 Å². The van der Waals surface area contributed by atoms with Gasteiger partial charge in [-0.25, -0.2) is 13.1 Å². The summed E-state index contributed by atoms with van der Waals surface area (Å²) in [7, 11) is -2.32. The van der Waals surface area contributed by atoms with Crippen LogP contribution in [0.2, 0.25) is 0 Å². The highest BCUT2D eigenvalue weighted by atomic mass is 79.9. The fraction of sp³-hybridized carbons (Fsp3) is 0.400. The van der Waals surface area contributed by atoms with Gasteiger partial charge in [-0.2, -0.15) is 13.2 Å². The van der Waals surface area contributed by atoms with E-state index in [1.165, 1.54) is 0 Å². The number of sulfonamides is 1. The lowest BCUT2D eigenvalue weighted by Crippen LogP contribution is -2.30. The van der Waals surface area contributed by atoms with E-state index in [0.29, 0.717) is 12.6 Å². The summed E-state index contributed by atoms with van der Waals surface area (Å²) >= 11 is 2.88. The first-order valence-electron chi connectivity index (χ1n) is 5.19. The van der Waals surface area contributed by atoms with Crippen LogP contribution < -0.4 is 10.0 Å². The third kappa shape index (κ3) is 4.75. The average Bonchev–Trinajstić information content (AvgIpc) is 2.27. The predicted molar refractivity (Wildman–Crippen MR) is 68.3 cm³/mol. The molecule has 0 aliphatic heterocycles. The molecule has 0 spiro atoms. The van der Waals surface area contributed by atoms with Gasteiger partial charge in [0.2, 0.25) is 10.0 Å². The maximum absolute atomic E-state index is 12.6. The number of likely N-dealkylation sites (N-methyl/N-ethyl adjacent to an activating group) is 1. The standard InChI is InChI=1S/C10H12BrF3N2O2S/c1-15-2-3-16-19(17,18)9-5-7(10(12,13)14)4-8(11)6-9/h4-6,15-16H,2-3H2,1H3. The molecule has 0 aliphatic carbocycles. The normalized spacial score (nSPS) is 12.7. The van der Waals surface area contributed by atoms with E-state index in [1.54, 1.807) is 7.05 Å². The monoisotopic (exact) mass is 360 g/mol. The summed E-state index contributed by atoms with van der Waals surface area (Å²) in [5.74, 6) is 0. The summed E-state index contributed by atoms with van der Waals surface area (Å²) in [6.07, 6.45) is -4.60. The topological polar surface area (TPSA) is 58.2 Å². The molecule has 108 valence electrons. The first-order chi connectivity index (χ1) is 8.66. The van der Waals surface area contributed by atoms with Crippen LogP contribution in [0.5, 0.6) is 0 Å². The first-order valence-corrected chi connectivity index (χ1v) is 7.46. The van der Waals surface area contributed by atoms with E-state index in [0.717, 1.165) is 12.1 Å². The Morgan fingerprint density at radius 2 is 1.84 bits per heavy atom. The molecule has 4 nitrogen and oxygen atoms in total. The van der Waals surface area contributed by atoms with E-state index < -0.39 is 26.7 Å². The Labute approximate surface area is 117 Å². The minimum atomic E-state index is -4.60. The van der Waals surface area contributed by atoms with Gasteiger partial charge in [-0.3, -0.25) is 0 Å². The second-order valence-electron chi connectivity index (χ2n) is 3.67. The van der Waals surface area contributed by atoms with Crippen LogP contribution in [-0.4, -0.2) is 28.6 Å². The Morgan fingerprint density at radius 1 is 1.21 bits per heavy atom. The molecule has 0 amide bonds. The van der Waals surface area contributed by atoms with E-state index in [4.69, 9.17) is 0 Å². The van der Waals surface area contributed by atoms with Gasteiger partial charge >= 0.3 is 6.18 Å². The SMILES string of the molecule is CNCCNS(=O)(=O)c1cc(Br)cc(C(F)(F)F)c1. The predicted octanol–water partition coefficient (Wildman–Crippen LogP) is 1.97. The van der Waals surface area contributed by atoms with E-state index in [9.17, 15) is 21.6 Å². The van der Waals surface area contributed by atoms with Gasteiger partial charge in [0.1, 0.15) is 0 Å². The Kier molecular flexibility index (Phi) is 5.36. The summed E-state index contributed by atoms with van der Waals surface area (Å²) < 4.78 is 63.7. The van der Waals surface area contributed by atoms with E-state index in [-0.39, 0.29) is 11.0 Å². The van der Waals surface area contributed by atoms with Crippen molar-refractivity contribution in [3.05, 3.63) is 28.2 Å². The first kappa shape index (κ1) is 16.4. The Hall–Kier alpha value is -0.640. The van der Waals surface area contributed by atoms with Crippen molar-refractivity contribution in [2.75, 3.05) is 20.1 Å². The molecule has 0 unspecified atom stereocenters. The number of hydrogen-bond acceptors (Lipinski definition) is 3. The largest absolute Gasteiger partial charge is 0.416 e. The molecule has 0 fully saturated rings. The van der Waals surface area contributed by atoms with Crippen molar-refractivity contribution in [2.24, 2.45) is 0 Å². The van der Waals surface area contributed by atoms with E-state index >= 15 is 0 Å². The summed E-state index contributed by atoms with van der Waals surface area (Å²) in [6, 6.07) is 2.55. The van der Waals surface area contributed by atoms with Crippen molar-refractivity contribution in [3.63, 3.8) is 0 Å². The number of rotatable bonds is 5. The Balaban J connectivity index is 3.10. The summed E-state index contributed by atoms with van der Waals surface area (Å²) in [6.45, 7) is 0.464. The lowest BCUT2D eigenvalue weighted by atomic mass is 10.2. The third-order valence-corrected chi connectivity index (χ3v) is 4.07. The number of nitrogens with one attached hydrogen (secondary N) is 2. The van der Waals surface area contributed by atoms with Crippen LogP contribution in [0.3, 0.4) is 0 Å². The van der Waals surface area contributed by atoms with E-state index in [1.807, 2.05) is 0 Å². The molecule has 1 rings (SSSR count). The van der Waals surface area contributed by atoms with Crippen molar-refractivity contribution >= 4 is 26.0 Å². The minimum absolute atomic E-state index is 0.0521. The van der Waals surface area contributed by atoms with Gasteiger partial charge in [-0.15, -0.1) is 0 Å². The summed E-state index contributed by atoms with van der Waals surface area (Å²) in [5, 5.41) is 2.72. The van der Waals surface area contributed by atoms with Crippen LogP contribution in [0.1, 0.15) is 5.56 Å². The minimum Gasteiger partial charge on any atom is -0.318 e. The molecule has 9 heteroatoms. The number of benzene rings is 1. The highest BCUT2D eigenvalue weighted by Gasteiger charge is 2.32. The number of halogens is 4. The maximum Gasteiger partial charge on any atom is 0.416 e. The van der Waals surface area contributed by atoms with Crippen LogP contribution >= 0.6 is 15.9 Å². The average molecular weight is 361 g/mol. The van der Waals surface area contributed by atoms with Crippen molar-refractivity contribution < 1.29 is 21.6 Å². The molecule has 1 aromatic carbocycles. The lowest BCUT2D eigenvalue weighted by Gasteiger charge is -2.11. The summed E-state index contributed by atoms with van der Waals surface area (Å²) in [4.78, 5) is -0.426. The van der Waals surface area contributed by atoms with Crippen LogP contribution in [0.25, 0.3) is 0 Å². The smallest absolute Gasteiger partial charge is 0.318 e. The Morgan fingerprint density at radius 3 is 2.37 bits per heavy atom. The molecule has 0 aliphatic rings. The van der Waals surface area contributed by atoms with Crippen LogP contribution in [0.4, 0.5) is 13.2 Å². The molecule has 19 heavy (non-hydrogen) atoms. The van der Waals surface area contributed by atoms with Gasteiger partial charge in [0, 0.05) is 17.6 Å². The molecule has 0 heterocycles. The molecule has 0 saturated heterocycles. The van der Waals surface area contributed by atoms with Gasteiger partial charge in [0.05, 0.1) is 10.5 Å². The number of hydrogen-bond donors (Lipinski definition) is 2. The Bertz CT molecular complexity index is 546. The van der Waals surface area contributed by atoms with Crippen molar-refractivity contribution in [1.29, 1.82) is 0 Å². The van der Waals surface area contributed by atoms with Gasteiger partial charge in [0.25, 0.3) is 0 Å². The van der Waals surface area contributed by atoms with Crippen molar-refractivity contribution in [3.8, 4) is 0 Å². The molecular weight excluding hydrogens is 349 g/mol. The fourth-order valence-electron chi connectivity index (χ4n) is 1.28. The van der Waals surface area contributed by atoms with Crippen LogP contribution in [0, 0.1) is 0 Å². The highest BCUT2D eigenvalue weighted by Crippen LogP contribution is 2.32. The van der Waals surface area contributed by atoms with Crippen LogP contribution in [-0.2, 0) is 16.2 Å². The van der Waals surface area contributed by atoms with Crippen molar-refractivity contribution in [2.45, 2.75) is 11.1 Å². The molecule has 0 aromatic heterocycles. The second kappa shape index (κ2) is 6.21. The zero-order chi connectivity index (χ0) is 14.7. The van der Waals surface area contributed by atoms with Gasteiger partial charge < -0.3 is 5.32 Å². The molecule has 1 aromatic rings. The van der Waals surface area contributed by atoms with Gasteiger partial charge in [0.15, 0.2) is 0 Å². The second-order valence-corrected chi connectivity index (χ2v) is 6.36. The quantitative estimate of drug-likeness (QED) is 0.789. The molecule has 2 N–H and O–H groups in total. The fourth-order valence-corrected chi connectivity index (χ4v) is 3.02. The molecular formula is C10H12BrF3N2O2S. The highest BCUT2D eigenvalue weighted by molar-refractivity contribution is 9.10.